The standard InChI is InChI=1S/C16H30N2O3/c1-3-14(16(20)9-5-4-6-10-16)15(19)17-13-7-11-18(21-2)12-8-13/h13-14,20H,3-12H2,1-2H3,(H,17,19). The van der Waals surface area contributed by atoms with E-state index in [4.69, 9.17) is 4.84 Å². The number of carbonyl (C=O) groups excluding carboxylic acids is 1. The highest BCUT2D eigenvalue weighted by Crippen LogP contribution is 2.36. The Balaban J connectivity index is 1.88. The van der Waals surface area contributed by atoms with Crippen LogP contribution in [-0.4, -0.2) is 47.9 Å². The van der Waals surface area contributed by atoms with E-state index in [0.29, 0.717) is 6.42 Å². The molecule has 2 rings (SSSR count). The van der Waals surface area contributed by atoms with Crippen molar-refractivity contribution in [3.05, 3.63) is 0 Å². The molecular formula is C16H30N2O3. The summed E-state index contributed by atoms with van der Waals surface area (Å²) in [6.45, 7) is 3.70. The average molecular weight is 298 g/mol. The fourth-order valence-corrected chi connectivity index (χ4v) is 3.81. The van der Waals surface area contributed by atoms with Crippen molar-refractivity contribution in [2.24, 2.45) is 5.92 Å². The zero-order valence-corrected chi connectivity index (χ0v) is 13.4. The minimum Gasteiger partial charge on any atom is -0.389 e. The van der Waals surface area contributed by atoms with E-state index in [-0.39, 0.29) is 17.9 Å². The number of hydroxylamine groups is 2. The summed E-state index contributed by atoms with van der Waals surface area (Å²) in [4.78, 5) is 17.8. The molecule has 21 heavy (non-hydrogen) atoms. The van der Waals surface area contributed by atoms with Gasteiger partial charge in [0.15, 0.2) is 0 Å². The minimum atomic E-state index is -0.787. The van der Waals surface area contributed by atoms with Crippen LogP contribution < -0.4 is 5.32 Å². The van der Waals surface area contributed by atoms with Gasteiger partial charge in [0.2, 0.25) is 5.91 Å². The van der Waals surface area contributed by atoms with E-state index in [1.807, 2.05) is 12.0 Å². The highest BCUT2D eigenvalue weighted by atomic mass is 16.7. The molecule has 1 aliphatic carbocycles. The molecule has 0 aromatic carbocycles. The van der Waals surface area contributed by atoms with E-state index in [2.05, 4.69) is 5.32 Å². The maximum absolute atomic E-state index is 12.6. The summed E-state index contributed by atoms with van der Waals surface area (Å²) in [5, 5.41) is 15.9. The van der Waals surface area contributed by atoms with Gasteiger partial charge in [-0.1, -0.05) is 26.2 Å². The highest BCUT2D eigenvalue weighted by Gasteiger charge is 2.41. The summed E-state index contributed by atoms with van der Waals surface area (Å²) >= 11 is 0. The van der Waals surface area contributed by atoms with Gasteiger partial charge in [0, 0.05) is 19.1 Å². The van der Waals surface area contributed by atoms with Crippen LogP contribution in [0.25, 0.3) is 0 Å². The lowest BCUT2D eigenvalue weighted by Crippen LogP contribution is -2.52. The quantitative estimate of drug-likeness (QED) is 0.813. The number of aliphatic hydroxyl groups is 1. The first-order chi connectivity index (χ1) is 10.1. The molecule has 2 aliphatic rings. The van der Waals surface area contributed by atoms with Gasteiger partial charge in [-0.2, -0.15) is 5.06 Å². The first-order valence-corrected chi connectivity index (χ1v) is 8.41. The second kappa shape index (κ2) is 7.56. The molecule has 0 aromatic rings. The summed E-state index contributed by atoms with van der Waals surface area (Å²) in [5.41, 5.74) is -0.787. The molecule has 1 unspecified atom stereocenters. The van der Waals surface area contributed by atoms with Gasteiger partial charge in [0.1, 0.15) is 0 Å². The van der Waals surface area contributed by atoms with E-state index in [1.54, 1.807) is 7.11 Å². The maximum Gasteiger partial charge on any atom is 0.226 e. The van der Waals surface area contributed by atoms with Crippen molar-refractivity contribution in [3.63, 3.8) is 0 Å². The van der Waals surface area contributed by atoms with Crippen molar-refractivity contribution in [1.29, 1.82) is 0 Å². The van der Waals surface area contributed by atoms with Crippen molar-refractivity contribution >= 4 is 5.91 Å². The molecule has 1 aliphatic heterocycles. The largest absolute Gasteiger partial charge is 0.389 e. The highest BCUT2D eigenvalue weighted by molar-refractivity contribution is 5.80. The molecule has 1 saturated heterocycles. The van der Waals surface area contributed by atoms with Crippen molar-refractivity contribution in [2.75, 3.05) is 20.2 Å². The Hall–Kier alpha value is -0.650. The molecular weight excluding hydrogens is 268 g/mol. The Morgan fingerprint density at radius 2 is 1.95 bits per heavy atom. The zero-order chi connectivity index (χ0) is 15.3. The smallest absolute Gasteiger partial charge is 0.226 e. The molecule has 1 saturated carbocycles. The SMILES string of the molecule is CCC(C(=O)NC1CCN(OC)CC1)C1(O)CCCCC1. The van der Waals surface area contributed by atoms with Crippen LogP contribution in [0.2, 0.25) is 0 Å². The Morgan fingerprint density at radius 3 is 2.48 bits per heavy atom. The summed E-state index contributed by atoms with van der Waals surface area (Å²) < 4.78 is 0. The van der Waals surface area contributed by atoms with Crippen LogP contribution in [0.3, 0.4) is 0 Å². The topological polar surface area (TPSA) is 61.8 Å². The molecule has 5 nitrogen and oxygen atoms in total. The van der Waals surface area contributed by atoms with Crippen molar-refractivity contribution in [1.82, 2.24) is 10.4 Å². The lowest BCUT2D eigenvalue weighted by Gasteiger charge is -2.39. The van der Waals surface area contributed by atoms with Crippen molar-refractivity contribution in [2.45, 2.75) is 69.9 Å². The molecule has 2 fully saturated rings. The first kappa shape index (κ1) is 16.7. The van der Waals surface area contributed by atoms with Gasteiger partial charge in [-0.25, -0.2) is 0 Å². The Kier molecular flexibility index (Phi) is 6.02. The van der Waals surface area contributed by atoms with Gasteiger partial charge in [-0.05, 0) is 32.1 Å². The van der Waals surface area contributed by atoms with Gasteiger partial charge < -0.3 is 15.3 Å². The number of nitrogens with one attached hydrogen (secondary N) is 1. The normalized spacial score (nSPS) is 25.5. The Labute approximate surface area is 128 Å². The van der Waals surface area contributed by atoms with E-state index in [1.165, 1.54) is 6.42 Å². The van der Waals surface area contributed by atoms with Crippen LogP contribution in [0.1, 0.15) is 58.3 Å². The second-order valence-corrected chi connectivity index (χ2v) is 6.52. The number of hydrogen-bond acceptors (Lipinski definition) is 4. The van der Waals surface area contributed by atoms with Crippen LogP contribution in [0.15, 0.2) is 0 Å². The molecule has 2 N–H and O–H groups in total. The van der Waals surface area contributed by atoms with Gasteiger partial charge in [0.25, 0.3) is 0 Å². The van der Waals surface area contributed by atoms with Gasteiger partial charge in [0.05, 0.1) is 18.6 Å². The molecule has 0 aromatic heterocycles. The van der Waals surface area contributed by atoms with Crippen molar-refractivity contribution in [3.8, 4) is 0 Å². The van der Waals surface area contributed by atoms with Crippen LogP contribution in [0, 0.1) is 5.92 Å². The van der Waals surface area contributed by atoms with E-state index < -0.39 is 5.60 Å². The number of nitrogens with zero attached hydrogens (tertiary/aromatic N) is 1. The average Bonchev–Trinajstić information content (AvgIpc) is 2.49. The lowest BCUT2D eigenvalue weighted by molar-refractivity contribution is -0.150. The first-order valence-electron chi connectivity index (χ1n) is 8.41. The third-order valence-corrected chi connectivity index (χ3v) is 5.15. The molecule has 5 heteroatoms. The van der Waals surface area contributed by atoms with E-state index in [0.717, 1.165) is 51.6 Å². The third kappa shape index (κ3) is 4.18. The van der Waals surface area contributed by atoms with Gasteiger partial charge >= 0.3 is 0 Å². The lowest BCUT2D eigenvalue weighted by atomic mass is 9.74. The number of carbonyl (C=O) groups is 1. The fourth-order valence-electron chi connectivity index (χ4n) is 3.81. The number of piperidine rings is 1. The summed E-state index contributed by atoms with van der Waals surface area (Å²) in [6, 6.07) is 0.213. The van der Waals surface area contributed by atoms with E-state index >= 15 is 0 Å². The molecule has 1 amide bonds. The summed E-state index contributed by atoms with van der Waals surface area (Å²) in [7, 11) is 1.69. The fraction of sp³-hybridized carbons (Fsp3) is 0.938. The molecule has 1 atom stereocenters. The third-order valence-electron chi connectivity index (χ3n) is 5.15. The second-order valence-electron chi connectivity index (χ2n) is 6.52. The summed E-state index contributed by atoms with van der Waals surface area (Å²) in [6.07, 6.45) is 7.30. The predicted molar refractivity (Wildman–Crippen MR) is 81.6 cm³/mol. The van der Waals surface area contributed by atoms with Crippen molar-refractivity contribution < 1.29 is 14.7 Å². The predicted octanol–water partition coefficient (Wildman–Crippen LogP) is 1.85. The van der Waals surface area contributed by atoms with E-state index in [9.17, 15) is 9.90 Å². The van der Waals surface area contributed by atoms with Crippen LogP contribution >= 0.6 is 0 Å². The molecule has 122 valence electrons. The Morgan fingerprint density at radius 1 is 1.33 bits per heavy atom. The molecule has 1 heterocycles. The Bertz CT molecular complexity index is 334. The number of amides is 1. The summed E-state index contributed by atoms with van der Waals surface area (Å²) in [5.74, 6) is -0.226. The van der Waals surface area contributed by atoms with Crippen LogP contribution in [0.5, 0.6) is 0 Å². The number of hydrogen-bond donors (Lipinski definition) is 2. The van der Waals surface area contributed by atoms with Crippen LogP contribution in [0.4, 0.5) is 0 Å². The zero-order valence-electron chi connectivity index (χ0n) is 13.4. The van der Waals surface area contributed by atoms with Crippen LogP contribution in [-0.2, 0) is 9.63 Å². The monoisotopic (exact) mass is 298 g/mol. The number of rotatable bonds is 5. The minimum absolute atomic E-state index is 0.0396. The van der Waals surface area contributed by atoms with Gasteiger partial charge in [-0.3, -0.25) is 4.79 Å². The molecule has 0 spiro atoms. The maximum atomic E-state index is 12.6. The van der Waals surface area contributed by atoms with Gasteiger partial charge in [-0.15, -0.1) is 0 Å². The molecule has 0 radical (unpaired) electrons. The molecule has 0 bridgehead atoms.